The molecular weight excluding hydrogens is 462 g/mol. The van der Waals surface area contributed by atoms with Gasteiger partial charge in [0.1, 0.15) is 5.82 Å². The Labute approximate surface area is 209 Å². The first-order chi connectivity index (χ1) is 14.7. The number of carboxylic acids is 1. The first kappa shape index (κ1) is 26.0. The Bertz CT molecular complexity index is 1060. The fourth-order valence-electron chi connectivity index (χ4n) is 3.27. The van der Waals surface area contributed by atoms with Gasteiger partial charge in [-0.05, 0) is 43.2 Å². The fourth-order valence-corrected chi connectivity index (χ4v) is 3.51. The van der Waals surface area contributed by atoms with E-state index in [4.69, 9.17) is 16.7 Å². The average Bonchev–Trinajstić information content (AvgIpc) is 2.70. The summed E-state index contributed by atoms with van der Waals surface area (Å²) in [5.74, 6) is -5.65. The molecule has 7 nitrogen and oxygen atoms in total. The molecule has 1 fully saturated rings. The van der Waals surface area contributed by atoms with Crippen LogP contribution in [-0.4, -0.2) is 36.1 Å². The van der Waals surface area contributed by atoms with Crippen LogP contribution in [0.25, 0.3) is 0 Å². The van der Waals surface area contributed by atoms with E-state index in [0.717, 1.165) is 6.07 Å². The number of halogens is 4. The van der Waals surface area contributed by atoms with E-state index in [1.165, 1.54) is 12.1 Å². The van der Waals surface area contributed by atoms with Gasteiger partial charge in [0, 0.05) is 13.1 Å². The number of hydrogen-bond donors (Lipinski definition) is 3. The van der Waals surface area contributed by atoms with Gasteiger partial charge in [0.15, 0.2) is 11.6 Å². The number of carboxylic acid groups (broad SMARTS) is 1. The monoisotopic (exact) mass is 479 g/mol. The van der Waals surface area contributed by atoms with Gasteiger partial charge in [-0.2, -0.15) is 0 Å². The van der Waals surface area contributed by atoms with E-state index in [9.17, 15) is 27.6 Å². The minimum atomic E-state index is -1.31. The Kier molecular flexibility index (Phi) is 8.97. The van der Waals surface area contributed by atoms with Crippen LogP contribution in [0.4, 0.5) is 29.3 Å². The summed E-state index contributed by atoms with van der Waals surface area (Å²) in [5.41, 5.74) is 0.0417. The molecule has 0 spiro atoms. The third kappa shape index (κ3) is 6.16. The second-order valence-electron chi connectivity index (χ2n) is 6.92. The topological polar surface area (TPSA) is 98.7 Å². The van der Waals surface area contributed by atoms with Crippen molar-refractivity contribution in [1.29, 1.82) is 0 Å². The van der Waals surface area contributed by atoms with Gasteiger partial charge in [0.05, 0.1) is 27.9 Å². The maximum absolute atomic E-state index is 13.8. The third-order valence-corrected chi connectivity index (χ3v) is 5.19. The van der Waals surface area contributed by atoms with Crippen LogP contribution < -0.4 is 45.1 Å². The van der Waals surface area contributed by atoms with Crippen molar-refractivity contribution in [2.45, 2.75) is 12.8 Å². The van der Waals surface area contributed by atoms with Crippen molar-refractivity contribution < 1.29 is 63.6 Å². The van der Waals surface area contributed by atoms with Crippen molar-refractivity contribution in [3.8, 4) is 0 Å². The van der Waals surface area contributed by atoms with Crippen LogP contribution in [0.2, 0.25) is 5.02 Å². The van der Waals surface area contributed by atoms with Gasteiger partial charge in [0.25, 0.3) is 5.91 Å². The molecule has 1 saturated heterocycles. The van der Waals surface area contributed by atoms with E-state index in [2.05, 4.69) is 5.32 Å². The number of nitrogens with zero attached hydrogens (tertiary/aromatic N) is 1. The van der Waals surface area contributed by atoms with E-state index < -0.39 is 51.9 Å². The SMILES string of the molecule is O=C(NC(=O)c1cc(F)c(F)cc1Cl)Nc1cc(F)ccc1N1CCC(C(=O)O)CC1.[H-].[Na+]. The van der Waals surface area contributed by atoms with Crippen molar-refractivity contribution in [2.75, 3.05) is 23.3 Å². The van der Waals surface area contributed by atoms with Gasteiger partial charge < -0.3 is 16.7 Å². The van der Waals surface area contributed by atoms with Crippen LogP contribution in [0.3, 0.4) is 0 Å². The molecule has 0 aromatic heterocycles. The van der Waals surface area contributed by atoms with E-state index in [1.807, 2.05) is 5.32 Å². The predicted octanol–water partition coefficient (Wildman–Crippen LogP) is 1.14. The zero-order valence-electron chi connectivity index (χ0n) is 17.9. The number of carbonyl (C=O) groups is 3. The molecule has 1 heterocycles. The minimum absolute atomic E-state index is 0. The van der Waals surface area contributed by atoms with Crippen LogP contribution in [0, 0.1) is 23.4 Å². The van der Waals surface area contributed by atoms with Gasteiger partial charge in [-0.25, -0.2) is 18.0 Å². The summed E-state index contributed by atoms with van der Waals surface area (Å²) in [6.45, 7) is 0.755. The molecule has 0 unspecified atom stereocenters. The largest absolute Gasteiger partial charge is 1.00 e. The summed E-state index contributed by atoms with van der Waals surface area (Å²) in [7, 11) is 0. The van der Waals surface area contributed by atoms with Crippen LogP contribution in [-0.2, 0) is 4.79 Å². The van der Waals surface area contributed by atoms with Crippen LogP contribution >= 0.6 is 11.6 Å². The summed E-state index contributed by atoms with van der Waals surface area (Å²) < 4.78 is 40.3. The van der Waals surface area contributed by atoms with Crippen molar-refractivity contribution in [2.24, 2.45) is 5.92 Å². The van der Waals surface area contributed by atoms with Crippen molar-refractivity contribution in [3.05, 3.63) is 58.4 Å². The van der Waals surface area contributed by atoms with Crippen LogP contribution in [0.5, 0.6) is 0 Å². The molecule has 3 rings (SSSR count). The molecule has 0 bridgehead atoms. The average molecular weight is 480 g/mol. The number of hydrogen-bond acceptors (Lipinski definition) is 4. The number of piperidine rings is 1. The number of benzene rings is 2. The van der Waals surface area contributed by atoms with Crippen molar-refractivity contribution in [1.82, 2.24) is 5.32 Å². The smallest absolute Gasteiger partial charge is 1.00 e. The van der Waals surface area contributed by atoms with E-state index in [1.54, 1.807) is 4.90 Å². The van der Waals surface area contributed by atoms with Crippen LogP contribution in [0.15, 0.2) is 30.3 Å². The summed E-state index contributed by atoms with van der Waals surface area (Å²) in [5, 5.41) is 13.0. The zero-order chi connectivity index (χ0) is 22.7. The molecule has 1 aliphatic heterocycles. The summed E-state index contributed by atoms with van der Waals surface area (Å²) >= 11 is 5.72. The number of urea groups is 1. The number of aliphatic carboxylic acids is 1. The van der Waals surface area contributed by atoms with Gasteiger partial charge in [0.2, 0.25) is 0 Å². The summed E-state index contributed by atoms with van der Waals surface area (Å²) in [4.78, 5) is 37.4. The fraction of sp³-hybridized carbons (Fsp3) is 0.250. The number of nitrogens with one attached hydrogen (secondary N) is 2. The van der Waals surface area contributed by atoms with Gasteiger partial charge in [-0.1, -0.05) is 11.6 Å². The molecule has 3 N–H and O–H groups in total. The number of anilines is 2. The molecule has 0 aliphatic carbocycles. The number of rotatable bonds is 4. The first-order valence-corrected chi connectivity index (χ1v) is 9.57. The number of imide groups is 1. The van der Waals surface area contributed by atoms with E-state index in [0.29, 0.717) is 43.8 Å². The van der Waals surface area contributed by atoms with Gasteiger partial charge in [-0.3, -0.25) is 14.9 Å². The Morgan fingerprint density at radius 2 is 1.69 bits per heavy atom. The normalized spacial score (nSPS) is 13.8. The number of amides is 3. The summed E-state index contributed by atoms with van der Waals surface area (Å²) in [6.07, 6.45) is 0.761. The zero-order valence-corrected chi connectivity index (χ0v) is 19.7. The first-order valence-electron chi connectivity index (χ1n) is 9.20. The molecule has 1 aliphatic rings. The molecule has 32 heavy (non-hydrogen) atoms. The molecule has 2 aromatic rings. The quantitative estimate of drug-likeness (QED) is 0.451. The Morgan fingerprint density at radius 1 is 1.06 bits per heavy atom. The molecular formula is C20H18ClF3N3NaO4. The van der Waals surface area contributed by atoms with E-state index >= 15 is 0 Å². The molecule has 12 heteroatoms. The predicted molar refractivity (Wildman–Crippen MR) is 108 cm³/mol. The molecule has 0 atom stereocenters. The maximum Gasteiger partial charge on any atom is 1.00 e. The third-order valence-electron chi connectivity index (χ3n) is 4.87. The van der Waals surface area contributed by atoms with Gasteiger partial charge in [-0.15, -0.1) is 0 Å². The summed E-state index contributed by atoms with van der Waals surface area (Å²) in [6, 6.07) is 3.79. The van der Waals surface area contributed by atoms with Crippen molar-refractivity contribution >= 4 is 40.9 Å². The minimum Gasteiger partial charge on any atom is -1.00 e. The standard InChI is InChI=1S/C20H17ClF3N3O4.Na.H/c21-13-9-15(24)14(23)8-12(13)18(28)26-20(31)25-16-7-11(22)1-2-17(16)27-5-3-10(4-6-27)19(29)30;;/h1-2,7-10H,3-6H2,(H,29,30)(H2,25,26,28,31);;/q;+1;-1. The molecule has 0 radical (unpaired) electrons. The van der Waals surface area contributed by atoms with Gasteiger partial charge >= 0.3 is 41.6 Å². The molecule has 0 saturated carbocycles. The second-order valence-corrected chi connectivity index (χ2v) is 7.32. The maximum atomic E-state index is 13.8. The second kappa shape index (κ2) is 11.0. The molecule has 166 valence electrons. The Hall–Kier alpha value is -2.27. The van der Waals surface area contributed by atoms with Crippen molar-refractivity contribution in [3.63, 3.8) is 0 Å². The molecule has 3 amide bonds. The Morgan fingerprint density at radius 3 is 2.31 bits per heavy atom. The van der Waals surface area contributed by atoms with Crippen LogP contribution in [0.1, 0.15) is 24.6 Å². The Balaban J connectivity index is 0.00000272. The number of carbonyl (C=O) groups excluding carboxylic acids is 2. The molecule has 2 aromatic carbocycles. The van der Waals surface area contributed by atoms with E-state index in [-0.39, 0.29) is 36.7 Å².